The van der Waals surface area contributed by atoms with Gasteiger partial charge in [0, 0.05) is 25.7 Å². The number of benzene rings is 2. The predicted molar refractivity (Wildman–Crippen MR) is 104 cm³/mol. The molecule has 0 bridgehead atoms. The molecule has 0 spiro atoms. The van der Waals surface area contributed by atoms with Crippen LogP contribution in [0.4, 0.5) is 0 Å². The molecule has 1 aliphatic rings. The van der Waals surface area contributed by atoms with Crippen LogP contribution in [0.1, 0.15) is 17.2 Å². The van der Waals surface area contributed by atoms with Gasteiger partial charge >= 0.3 is 0 Å². The van der Waals surface area contributed by atoms with Gasteiger partial charge in [0.25, 0.3) is 0 Å². The van der Waals surface area contributed by atoms with Gasteiger partial charge in [-0.2, -0.15) is 0 Å². The van der Waals surface area contributed by atoms with Crippen LogP contribution in [0.15, 0.2) is 53.4 Å². The van der Waals surface area contributed by atoms with Crippen LogP contribution in [0.2, 0.25) is 0 Å². The molecule has 0 saturated carbocycles. The zero-order chi connectivity index (χ0) is 19.3. The van der Waals surface area contributed by atoms with E-state index in [0.29, 0.717) is 24.7 Å². The third kappa shape index (κ3) is 4.87. The van der Waals surface area contributed by atoms with Gasteiger partial charge in [-0.25, -0.2) is 13.1 Å². The Morgan fingerprint density at radius 1 is 1.11 bits per heavy atom. The molecule has 1 aliphatic heterocycles. The third-order valence-corrected chi connectivity index (χ3v) is 6.42. The smallest absolute Gasteiger partial charge is 0.240 e. The molecule has 3 rings (SSSR count). The second-order valence-corrected chi connectivity index (χ2v) is 8.29. The summed E-state index contributed by atoms with van der Waals surface area (Å²) in [5, 5.41) is 0. The number of hydrogen-bond acceptors (Lipinski definition) is 5. The molecule has 1 N–H and O–H groups in total. The number of morpholine rings is 1. The zero-order valence-corrected chi connectivity index (χ0v) is 16.5. The highest BCUT2D eigenvalue weighted by Gasteiger charge is 2.25. The van der Waals surface area contributed by atoms with Crippen LogP contribution in [0.25, 0.3) is 0 Å². The topological polar surface area (TPSA) is 67.9 Å². The monoisotopic (exact) mass is 390 g/mol. The lowest BCUT2D eigenvalue weighted by Crippen LogP contribution is -2.43. The van der Waals surface area contributed by atoms with Crippen molar-refractivity contribution in [3.05, 3.63) is 59.7 Å². The normalized spacial score (nSPS) is 16.8. The first-order chi connectivity index (χ1) is 13.0. The zero-order valence-electron chi connectivity index (χ0n) is 15.7. The van der Waals surface area contributed by atoms with Crippen molar-refractivity contribution in [2.75, 3.05) is 40.0 Å². The molecule has 0 amide bonds. The summed E-state index contributed by atoms with van der Waals surface area (Å²) in [6, 6.07) is 14.7. The van der Waals surface area contributed by atoms with Crippen LogP contribution in [-0.2, 0) is 14.8 Å². The van der Waals surface area contributed by atoms with Gasteiger partial charge < -0.3 is 9.47 Å². The fourth-order valence-corrected chi connectivity index (χ4v) is 4.58. The summed E-state index contributed by atoms with van der Waals surface area (Å²) < 4.78 is 39.1. The number of rotatable bonds is 7. The quantitative estimate of drug-likeness (QED) is 0.786. The van der Waals surface area contributed by atoms with Gasteiger partial charge in [-0.1, -0.05) is 30.3 Å². The van der Waals surface area contributed by atoms with Gasteiger partial charge in [-0.05, 0) is 36.2 Å². The highest BCUT2D eigenvalue weighted by Crippen LogP contribution is 2.24. The Bertz CT molecular complexity index is 847. The number of ether oxygens (including phenoxy) is 2. The van der Waals surface area contributed by atoms with E-state index >= 15 is 0 Å². The van der Waals surface area contributed by atoms with E-state index in [9.17, 15) is 8.42 Å². The molecule has 2 aromatic carbocycles. The highest BCUT2D eigenvalue weighted by atomic mass is 32.2. The van der Waals surface area contributed by atoms with E-state index in [1.807, 2.05) is 30.3 Å². The number of aryl methyl sites for hydroxylation is 1. The van der Waals surface area contributed by atoms with Gasteiger partial charge in [0.15, 0.2) is 0 Å². The Kier molecular flexibility index (Phi) is 6.49. The van der Waals surface area contributed by atoms with Crippen molar-refractivity contribution in [1.82, 2.24) is 9.62 Å². The Morgan fingerprint density at radius 3 is 2.41 bits per heavy atom. The molecule has 0 aromatic heterocycles. The lowest BCUT2D eigenvalue weighted by atomic mass is 10.0. The minimum Gasteiger partial charge on any atom is -0.497 e. The largest absolute Gasteiger partial charge is 0.497 e. The first-order valence-corrected chi connectivity index (χ1v) is 10.5. The molecule has 0 aliphatic carbocycles. The fraction of sp³-hybridized carbons (Fsp3) is 0.400. The van der Waals surface area contributed by atoms with Crippen LogP contribution in [0.5, 0.6) is 5.75 Å². The van der Waals surface area contributed by atoms with Gasteiger partial charge in [0.1, 0.15) is 5.75 Å². The van der Waals surface area contributed by atoms with E-state index in [2.05, 4.69) is 9.62 Å². The van der Waals surface area contributed by atoms with Crippen molar-refractivity contribution < 1.29 is 17.9 Å². The van der Waals surface area contributed by atoms with Gasteiger partial charge in [0.05, 0.1) is 25.2 Å². The van der Waals surface area contributed by atoms with Crippen LogP contribution < -0.4 is 9.46 Å². The molecule has 7 heteroatoms. The minimum atomic E-state index is -3.58. The molecular weight excluding hydrogens is 364 g/mol. The molecular formula is C20H26N2O4S. The molecule has 6 nitrogen and oxygen atoms in total. The van der Waals surface area contributed by atoms with E-state index in [-0.39, 0.29) is 6.04 Å². The van der Waals surface area contributed by atoms with Crippen LogP contribution in [0, 0.1) is 6.92 Å². The van der Waals surface area contributed by atoms with Crippen molar-refractivity contribution in [1.29, 1.82) is 0 Å². The predicted octanol–water partition coefficient (Wildman–Crippen LogP) is 2.36. The summed E-state index contributed by atoms with van der Waals surface area (Å²) in [6.07, 6.45) is 0. The molecule has 2 aromatic rings. The first kappa shape index (κ1) is 19.8. The summed E-state index contributed by atoms with van der Waals surface area (Å²) in [7, 11) is -1.95. The van der Waals surface area contributed by atoms with E-state index in [0.717, 1.165) is 30.0 Å². The molecule has 27 heavy (non-hydrogen) atoms. The number of nitrogens with one attached hydrogen (secondary N) is 1. The second kappa shape index (κ2) is 8.84. The van der Waals surface area contributed by atoms with Crippen molar-refractivity contribution in [3.8, 4) is 5.75 Å². The van der Waals surface area contributed by atoms with Gasteiger partial charge in [0.2, 0.25) is 10.0 Å². The van der Waals surface area contributed by atoms with Crippen molar-refractivity contribution >= 4 is 10.0 Å². The summed E-state index contributed by atoms with van der Waals surface area (Å²) in [4.78, 5) is 2.58. The van der Waals surface area contributed by atoms with E-state index < -0.39 is 10.0 Å². The molecule has 1 heterocycles. The molecule has 0 radical (unpaired) electrons. The molecule has 1 fully saturated rings. The Hall–Kier alpha value is -1.93. The third-order valence-electron chi connectivity index (χ3n) is 4.84. The molecule has 1 atom stereocenters. The summed E-state index contributed by atoms with van der Waals surface area (Å²) in [6.45, 7) is 4.93. The Morgan fingerprint density at radius 2 is 1.78 bits per heavy atom. The number of hydrogen-bond donors (Lipinski definition) is 1. The van der Waals surface area contributed by atoms with Crippen molar-refractivity contribution in [3.63, 3.8) is 0 Å². The summed E-state index contributed by atoms with van der Waals surface area (Å²) in [5.41, 5.74) is 1.78. The van der Waals surface area contributed by atoms with Crippen LogP contribution in [-0.4, -0.2) is 53.3 Å². The molecule has 1 unspecified atom stereocenters. The minimum absolute atomic E-state index is 0.0707. The SMILES string of the molecule is COc1ccc(C(CNS(=O)(=O)c2ccccc2C)N2CCOCC2)cc1. The Balaban J connectivity index is 1.81. The maximum Gasteiger partial charge on any atom is 0.240 e. The maximum absolute atomic E-state index is 12.8. The van der Waals surface area contributed by atoms with Crippen LogP contribution >= 0.6 is 0 Å². The van der Waals surface area contributed by atoms with Gasteiger partial charge in [-0.3, -0.25) is 4.90 Å². The number of nitrogens with zero attached hydrogens (tertiary/aromatic N) is 1. The fourth-order valence-electron chi connectivity index (χ4n) is 3.30. The second-order valence-electron chi connectivity index (χ2n) is 6.55. The number of sulfonamides is 1. The Labute approximate surface area is 161 Å². The number of methoxy groups -OCH3 is 1. The lowest BCUT2D eigenvalue weighted by molar-refractivity contribution is 0.0172. The van der Waals surface area contributed by atoms with Gasteiger partial charge in [-0.15, -0.1) is 0 Å². The molecule has 1 saturated heterocycles. The first-order valence-electron chi connectivity index (χ1n) is 9.02. The highest BCUT2D eigenvalue weighted by molar-refractivity contribution is 7.89. The standard InChI is InChI=1S/C20H26N2O4S/c1-16-5-3-4-6-20(16)27(23,24)21-15-19(22-11-13-26-14-12-22)17-7-9-18(25-2)10-8-17/h3-10,19,21H,11-15H2,1-2H3. The van der Waals surface area contributed by atoms with E-state index in [1.54, 1.807) is 32.2 Å². The lowest BCUT2D eigenvalue weighted by Gasteiger charge is -2.35. The van der Waals surface area contributed by atoms with E-state index in [4.69, 9.17) is 9.47 Å². The van der Waals surface area contributed by atoms with Crippen molar-refractivity contribution in [2.24, 2.45) is 0 Å². The maximum atomic E-state index is 12.8. The average molecular weight is 391 g/mol. The summed E-state index contributed by atoms with van der Waals surface area (Å²) >= 11 is 0. The van der Waals surface area contributed by atoms with Crippen LogP contribution in [0.3, 0.4) is 0 Å². The summed E-state index contributed by atoms with van der Waals surface area (Å²) in [5.74, 6) is 0.778. The molecule has 146 valence electrons. The average Bonchev–Trinajstić information content (AvgIpc) is 2.69. The van der Waals surface area contributed by atoms with Crippen molar-refractivity contribution in [2.45, 2.75) is 17.9 Å². The van der Waals surface area contributed by atoms with E-state index in [1.165, 1.54) is 0 Å².